The zero-order valence-corrected chi connectivity index (χ0v) is 16.7. The number of hydrogen-bond acceptors (Lipinski definition) is 5. The van der Waals surface area contributed by atoms with Crippen LogP contribution in [0, 0.1) is 0 Å². The highest BCUT2D eigenvalue weighted by Crippen LogP contribution is 2.36. The Balaban J connectivity index is 1.93. The number of carbonyl (C=O) groups is 1. The van der Waals surface area contributed by atoms with Gasteiger partial charge in [0, 0.05) is 4.90 Å². The molecule has 0 heterocycles. The van der Waals surface area contributed by atoms with Gasteiger partial charge >= 0.3 is 0 Å². The van der Waals surface area contributed by atoms with Crippen molar-refractivity contribution in [2.45, 2.75) is 4.90 Å². The molecule has 5 nitrogen and oxygen atoms in total. The molecule has 0 aromatic heterocycles. The molecule has 1 N–H and O–H groups in total. The van der Waals surface area contributed by atoms with Gasteiger partial charge in [-0.25, -0.2) is 5.43 Å². The number of benzene rings is 2. The van der Waals surface area contributed by atoms with Crippen molar-refractivity contribution in [2.75, 3.05) is 19.5 Å². The number of nitrogens with zero attached hydrogens (tertiary/aromatic N) is 1. The SMILES string of the molecule is C=CCOc1c(Br)cc(/C=N\NC(=O)CSc2ccccc2)cc1OC. The Morgan fingerprint density at radius 1 is 1.35 bits per heavy atom. The van der Waals surface area contributed by atoms with Crippen LogP contribution >= 0.6 is 27.7 Å². The fourth-order valence-corrected chi connectivity index (χ4v) is 3.26. The topological polar surface area (TPSA) is 59.9 Å². The number of ether oxygens (including phenoxy) is 2. The Kier molecular flexibility index (Phi) is 8.24. The monoisotopic (exact) mass is 434 g/mol. The Bertz CT molecular complexity index is 782. The van der Waals surface area contributed by atoms with Crippen molar-refractivity contribution in [1.82, 2.24) is 5.43 Å². The van der Waals surface area contributed by atoms with E-state index in [0.717, 1.165) is 14.9 Å². The van der Waals surface area contributed by atoms with Crippen LogP contribution in [0.4, 0.5) is 0 Å². The molecule has 0 fully saturated rings. The molecule has 0 aliphatic rings. The highest BCUT2D eigenvalue weighted by molar-refractivity contribution is 9.10. The van der Waals surface area contributed by atoms with Gasteiger partial charge < -0.3 is 9.47 Å². The minimum Gasteiger partial charge on any atom is -0.493 e. The van der Waals surface area contributed by atoms with Crippen molar-refractivity contribution >= 4 is 39.8 Å². The van der Waals surface area contributed by atoms with Gasteiger partial charge in [-0.05, 0) is 45.8 Å². The van der Waals surface area contributed by atoms with Gasteiger partial charge in [-0.15, -0.1) is 11.8 Å². The quantitative estimate of drug-likeness (QED) is 0.277. The maximum Gasteiger partial charge on any atom is 0.250 e. The molecule has 0 unspecified atom stereocenters. The van der Waals surface area contributed by atoms with Crippen LogP contribution in [0.15, 0.2) is 69.6 Å². The van der Waals surface area contributed by atoms with Crippen LogP contribution in [-0.2, 0) is 4.79 Å². The number of halogens is 1. The van der Waals surface area contributed by atoms with E-state index in [2.05, 4.69) is 33.0 Å². The summed E-state index contributed by atoms with van der Waals surface area (Å²) < 4.78 is 11.6. The first kappa shape index (κ1) is 20.1. The van der Waals surface area contributed by atoms with Crippen LogP contribution in [0.2, 0.25) is 0 Å². The smallest absolute Gasteiger partial charge is 0.250 e. The number of carbonyl (C=O) groups excluding carboxylic acids is 1. The summed E-state index contributed by atoms with van der Waals surface area (Å²) in [5, 5.41) is 3.99. The second-order valence-electron chi connectivity index (χ2n) is 5.03. The second kappa shape index (κ2) is 10.7. The molecule has 0 spiro atoms. The van der Waals surface area contributed by atoms with E-state index in [0.29, 0.717) is 23.9 Å². The number of hydrogen-bond donors (Lipinski definition) is 1. The minimum absolute atomic E-state index is 0.174. The zero-order valence-electron chi connectivity index (χ0n) is 14.3. The second-order valence-corrected chi connectivity index (χ2v) is 6.93. The Morgan fingerprint density at radius 2 is 2.12 bits per heavy atom. The summed E-state index contributed by atoms with van der Waals surface area (Å²) >= 11 is 4.90. The maximum atomic E-state index is 11.9. The third kappa shape index (κ3) is 6.24. The van der Waals surface area contributed by atoms with Crippen molar-refractivity contribution in [3.8, 4) is 11.5 Å². The summed E-state index contributed by atoms with van der Waals surface area (Å²) in [7, 11) is 1.56. The van der Waals surface area contributed by atoms with E-state index in [1.54, 1.807) is 25.5 Å². The molecule has 2 aromatic rings. The summed E-state index contributed by atoms with van der Waals surface area (Å²) in [6.45, 7) is 4.00. The number of nitrogens with one attached hydrogen (secondary N) is 1. The van der Waals surface area contributed by atoms with E-state index in [-0.39, 0.29) is 5.91 Å². The molecule has 0 bridgehead atoms. The summed E-state index contributed by atoms with van der Waals surface area (Å²) in [4.78, 5) is 12.9. The first-order valence-corrected chi connectivity index (χ1v) is 9.53. The molecule has 0 aliphatic heterocycles. The van der Waals surface area contributed by atoms with Gasteiger partial charge in [0.2, 0.25) is 5.91 Å². The molecule has 0 atom stereocenters. The number of methoxy groups -OCH3 is 1. The van der Waals surface area contributed by atoms with Crippen molar-refractivity contribution in [3.63, 3.8) is 0 Å². The molecule has 2 rings (SSSR count). The molecule has 136 valence electrons. The first-order chi connectivity index (χ1) is 12.6. The van der Waals surface area contributed by atoms with Gasteiger partial charge in [-0.2, -0.15) is 5.10 Å². The lowest BCUT2D eigenvalue weighted by molar-refractivity contribution is -0.118. The number of rotatable bonds is 9. The highest BCUT2D eigenvalue weighted by Gasteiger charge is 2.10. The summed E-state index contributed by atoms with van der Waals surface area (Å²) in [6.07, 6.45) is 3.21. The maximum absolute atomic E-state index is 11.9. The van der Waals surface area contributed by atoms with Crippen LogP contribution in [0.5, 0.6) is 11.5 Å². The standard InChI is InChI=1S/C19H19BrN2O3S/c1-3-9-25-19-16(20)10-14(11-17(19)24-2)12-21-22-18(23)13-26-15-7-5-4-6-8-15/h3-8,10-12H,1,9,13H2,2H3,(H,22,23)/b21-12-. The number of hydrazone groups is 1. The van der Waals surface area contributed by atoms with Gasteiger partial charge in [0.1, 0.15) is 6.61 Å². The predicted molar refractivity (Wildman–Crippen MR) is 109 cm³/mol. The van der Waals surface area contributed by atoms with E-state index >= 15 is 0 Å². The van der Waals surface area contributed by atoms with E-state index in [1.165, 1.54) is 11.8 Å². The van der Waals surface area contributed by atoms with E-state index in [9.17, 15) is 4.79 Å². The predicted octanol–water partition coefficient (Wildman–Crippen LogP) is 4.26. The minimum atomic E-state index is -0.174. The molecule has 0 saturated carbocycles. The molecular formula is C19H19BrN2O3S. The molecule has 1 amide bonds. The largest absolute Gasteiger partial charge is 0.493 e. The van der Waals surface area contributed by atoms with Gasteiger partial charge in [-0.3, -0.25) is 4.79 Å². The van der Waals surface area contributed by atoms with Gasteiger partial charge in [-0.1, -0.05) is 30.9 Å². The molecule has 0 saturated heterocycles. The summed E-state index contributed by atoms with van der Waals surface area (Å²) in [5.41, 5.74) is 3.28. The van der Waals surface area contributed by atoms with Crippen molar-refractivity contribution in [1.29, 1.82) is 0 Å². The lowest BCUT2D eigenvalue weighted by Gasteiger charge is -2.12. The lowest BCUT2D eigenvalue weighted by atomic mass is 10.2. The molecule has 0 aliphatic carbocycles. The average Bonchev–Trinajstić information content (AvgIpc) is 2.66. The van der Waals surface area contributed by atoms with Crippen LogP contribution in [-0.4, -0.2) is 31.6 Å². The third-order valence-corrected chi connectivity index (χ3v) is 4.71. The Morgan fingerprint density at radius 3 is 2.81 bits per heavy atom. The van der Waals surface area contributed by atoms with Gasteiger partial charge in [0.25, 0.3) is 0 Å². The molecule has 26 heavy (non-hydrogen) atoms. The fourth-order valence-electron chi connectivity index (χ4n) is 1.97. The van der Waals surface area contributed by atoms with Crippen LogP contribution in [0.3, 0.4) is 0 Å². The Labute approximate surface area is 165 Å². The van der Waals surface area contributed by atoms with Crippen LogP contribution in [0.25, 0.3) is 0 Å². The van der Waals surface area contributed by atoms with Crippen molar-refractivity contribution in [2.24, 2.45) is 5.10 Å². The van der Waals surface area contributed by atoms with Gasteiger partial charge in [0.15, 0.2) is 11.5 Å². The number of thioether (sulfide) groups is 1. The molecule has 0 radical (unpaired) electrons. The van der Waals surface area contributed by atoms with Crippen molar-refractivity contribution in [3.05, 3.63) is 65.2 Å². The number of amides is 1. The normalized spacial score (nSPS) is 10.5. The summed E-state index contributed by atoms with van der Waals surface area (Å²) in [5.74, 6) is 1.27. The lowest BCUT2D eigenvalue weighted by Crippen LogP contribution is -2.19. The van der Waals surface area contributed by atoms with Gasteiger partial charge in [0.05, 0.1) is 23.5 Å². The average molecular weight is 435 g/mol. The van der Waals surface area contributed by atoms with E-state index in [4.69, 9.17) is 9.47 Å². The van der Waals surface area contributed by atoms with Crippen LogP contribution < -0.4 is 14.9 Å². The third-order valence-electron chi connectivity index (χ3n) is 3.11. The fraction of sp³-hybridized carbons (Fsp3) is 0.158. The Hall–Kier alpha value is -2.25. The molecular weight excluding hydrogens is 416 g/mol. The molecule has 2 aromatic carbocycles. The molecule has 7 heteroatoms. The van der Waals surface area contributed by atoms with Crippen LogP contribution in [0.1, 0.15) is 5.56 Å². The van der Waals surface area contributed by atoms with E-state index < -0.39 is 0 Å². The first-order valence-electron chi connectivity index (χ1n) is 7.75. The summed E-state index contributed by atoms with van der Waals surface area (Å²) in [6, 6.07) is 13.3. The van der Waals surface area contributed by atoms with E-state index in [1.807, 2.05) is 36.4 Å². The van der Waals surface area contributed by atoms with Crippen molar-refractivity contribution < 1.29 is 14.3 Å². The highest BCUT2D eigenvalue weighted by atomic mass is 79.9. The zero-order chi connectivity index (χ0) is 18.8.